The van der Waals surface area contributed by atoms with Gasteiger partial charge in [-0.15, -0.1) is 12.4 Å². The standard InChI is InChI=1S/C12H20FN3O4S2.ClH/c1-2-8-21(17,18)16-12-5-4-10(9-11(12)13)22(19,20)15-7-3-6-14;/h4-5,9,15-16H,2-3,6-8,14H2,1H3;1H. The van der Waals surface area contributed by atoms with Crippen LogP contribution in [0.5, 0.6) is 0 Å². The van der Waals surface area contributed by atoms with Crippen molar-refractivity contribution in [3.05, 3.63) is 24.0 Å². The molecule has 134 valence electrons. The Balaban J connectivity index is 0.00000484. The van der Waals surface area contributed by atoms with Crippen LogP contribution >= 0.6 is 12.4 Å². The van der Waals surface area contributed by atoms with E-state index in [0.717, 1.165) is 18.2 Å². The van der Waals surface area contributed by atoms with E-state index in [2.05, 4.69) is 9.44 Å². The molecule has 0 heterocycles. The molecule has 0 aliphatic rings. The van der Waals surface area contributed by atoms with Crippen molar-refractivity contribution < 1.29 is 21.2 Å². The molecule has 0 spiro atoms. The zero-order chi connectivity index (χ0) is 16.8. The molecule has 0 aliphatic heterocycles. The molecule has 0 radical (unpaired) electrons. The molecule has 1 aromatic carbocycles. The van der Waals surface area contributed by atoms with Crippen molar-refractivity contribution in [1.82, 2.24) is 4.72 Å². The fraction of sp³-hybridized carbons (Fsp3) is 0.500. The van der Waals surface area contributed by atoms with E-state index in [1.54, 1.807) is 6.92 Å². The quantitative estimate of drug-likeness (QED) is 0.545. The summed E-state index contributed by atoms with van der Waals surface area (Å²) < 4.78 is 65.2. The molecule has 4 N–H and O–H groups in total. The summed E-state index contributed by atoms with van der Waals surface area (Å²) in [6.07, 6.45) is 0.838. The lowest BCUT2D eigenvalue weighted by molar-refractivity contribution is 0.576. The van der Waals surface area contributed by atoms with Crippen LogP contribution in [0.4, 0.5) is 10.1 Å². The molecule has 0 aromatic heterocycles. The number of rotatable bonds is 9. The Bertz CT molecular complexity index is 711. The molecule has 7 nitrogen and oxygen atoms in total. The zero-order valence-electron chi connectivity index (χ0n) is 12.6. The molecule has 0 atom stereocenters. The van der Waals surface area contributed by atoms with Gasteiger partial charge in [-0.1, -0.05) is 6.92 Å². The first-order valence-corrected chi connectivity index (χ1v) is 9.85. The smallest absolute Gasteiger partial charge is 0.240 e. The van der Waals surface area contributed by atoms with E-state index in [1.165, 1.54) is 0 Å². The van der Waals surface area contributed by atoms with Crippen molar-refractivity contribution >= 4 is 38.1 Å². The highest BCUT2D eigenvalue weighted by atomic mass is 35.5. The predicted octanol–water partition coefficient (Wildman–Crippen LogP) is 1.03. The Morgan fingerprint density at radius 1 is 1.22 bits per heavy atom. The fourth-order valence-corrected chi connectivity index (χ4v) is 3.85. The van der Waals surface area contributed by atoms with Gasteiger partial charge in [-0.2, -0.15) is 0 Å². The van der Waals surface area contributed by atoms with Gasteiger partial charge in [0, 0.05) is 6.54 Å². The molecule has 0 unspecified atom stereocenters. The Morgan fingerprint density at radius 2 is 1.87 bits per heavy atom. The van der Waals surface area contributed by atoms with Crippen molar-refractivity contribution in [3.8, 4) is 0 Å². The molecule has 1 rings (SSSR count). The van der Waals surface area contributed by atoms with Gasteiger partial charge in [-0.3, -0.25) is 4.72 Å². The number of anilines is 1. The van der Waals surface area contributed by atoms with Gasteiger partial charge in [0.1, 0.15) is 5.82 Å². The third-order valence-electron chi connectivity index (χ3n) is 2.66. The largest absolute Gasteiger partial charge is 0.330 e. The highest BCUT2D eigenvalue weighted by molar-refractivity contribution is 7.92. The first kappa shape index (κ1) is 22.1. The van der Waals surface area contributed by atoms with Crippen LogP contribution in [-0.2, 0) is 20.0 Å². The van der Waals surface area contributed by atoms with Crippen LogP contribution in [-0.4, -0.2) is 35.7 Å². The van der Waals surface area contributed by atoms with Crippen molar-refractivity contribution in [3.63, 3.8) is 0 Å². The lowest BCUT2D eigenvalue weighted by Gasteiger charge is -2.10. The van der Waals surface area contributed by atoms with Gasteiger partial charge in [-0.25, -0.2) is 25.9 Å². The maximum atomic E-state index is 13.9. The topological polar surface area (TPSA) is 118 Å². The summed E-state index contributed by atoms with van der Waals surface area (Å²) in [6, 6.07) is 2.99. The first-order chi connectivity index (χ1) is 10.2. The fourth-order valence-electron chi connectivity index (χ4n) is 1.62. The summed E-state index contributed by atoms with van der Waals surface area (Å²) in [5.74, 6) is -1.10. The highest BCUT2D eigenvalue weighted by Crippen LogP contribution is 2.20. The van der Waals surface area contributed by atoms with Crippen LogP contribution in [0.3, 0.4) is 0 Å². The summed E-state index contributed by atoms with van der Waals surface area (Å²) in [6.45, 7) is 2.15. The molecule has 0 aliphatic carbocycles. The number of nitrogens with two attached hydrogens (primary N) is 1. The van der Waals surface area contributed by atoms with Gasteiger partial charge in [0.05, 0.1) is 16.3 Å². The number of sulfonamides is 2. The number of nitrogens with one attached hydrogen (secondary N) is 2. The molecule has 1 aromatic rings. The van der Waals surface area contributed by atoms with Crippen molar-refractivity contribution in [1.29, 1.82) is 0 Å². The number of hydrogen-bond donors (Lipinski definition) is 3. The zero-order valence-corrected chi connectivity index (χ0v) is 15.0. The molecule has 0 fully saturated rings. The monoisotopic (exact) mass is 389 g/mol. The summed E-state index contributed by atoms with van der Waals surface area (Å²) in [5.41, 5.74) is 4.98. The number of halogens is 2. The average Bonchev–Trinajstić information content (AvgIpc) is 2.40. The Morgan fingerprint density at radius 3 is 2.39 bits per heavy atom. The van der Waals surface area contributed by atoms with Crippen LogP contribution < -0.4 is 15.2 Å². The molecule has 0 bridgehead atoms. The Kier molecular flexibility index (Phi) is 9.00. The molecular formula is C12H21ClFN3O4S2. The van der Waals surface area contributed by atoms with E-state index >= 15 is 0 Å². The van der Waals surface area contributed by atoms with E-state index in [9.17, 15) is 21.2 Å². The predicted molar refractivity (Wildman–Crippen MR) is 90.2 cm³/mol. The lowest BCUT2D eigenvalue weighted by Crippen LogP contribution is -2.26. The van der Waals surface area contributed by atoms with Crippen LogP contribution in [0.25, 0.3) is 0 Å². The summed E-state index contributed by atoms with van der Waals surface area (Å²) in [5, 5.41) is 0. The third-order valence-corrected chi connectivity index (χ3v) is 5.60. The maximum Gasteiger partial charge on any atom is 0.240 e. The first-order valence-electron chi connectivity index (χ1n) is 6.71. The van der Waals surface area contributed by atoms with E-state index in [-0.39, 0.29) is 35.3 Å². The highest BCUT2D eigenvalue weighted by Gasteiger charge is 2.18. The van der Waals surface area contributed by atoms with E-state index in [0.29, 0.717) is 19.4 Å². The van der Waals surface area contributed by atoms with E-state index < -0.39 is 25.9 Å². The number of hydrogen-bond acceptors (Lipinski definition) is 5. The van der Waals surface area contributed by atoms with Gasteiger partial charge in [0.2, 0.25) is 20.0 Å². The average molecular weight is 390 g/mol. The summed E-state index contributed by atoms with van der Waals surface area (Å²) in [7, 11) is -7.49. The molecule has 0 saturated heterocycles. The van der Waals surface area contributed by atoms with Crippen molar-refractivity contribution in [2.75, 3.05) is 23.6 Å². The van der Waals surface area contributed by atoms with Crippen LogP contribution in [0.15, 0.2) is 23.1 Å². The Hall–Kier alpha value is -0.940. The van der Waals surface area contributed by atoms with E-state index in [4.69, 9.17) is 5.73 Å². The second kappa shape index (κ2) is 9.38. The number of benzene rings is 1. The SMILES string of the molecule is CCCS(=O)(=O)Nc1ccc(S(=O)(=O)NCCCN)cc1F.Cl. The second-order valence-electron chi connectivity index (χ2n) is 4.60. The van der Waals surface area contributed by atoms with E-state index in [1.807, 2.05) is 0 Å². The van der Waals surface area contributed by atoms with Crippen LogP contribution in [0, 0.1) is 5.82 Å². The summed E-state index contributed by atoms with van der Waals surface area (Å²) >= 11 is 0. The third kappa shape index (κ3) is 7.00. The van der Waals surface area contributed by atoms with Crippen molar-refractivity contribution in [2.45, 2.75) is 24.7 Å². The molecule has 0 amide bonds. The Labute approximate surface area is 142 Å². The van der Waals surface area contributed by atoms with Crippen molar-refractivity contribution in [2.24, 2.45) is 5.73 Å². The maximum absolute atomic E-state index is 13.9. The van der Waals surface area contributed by atoms with Gasteiger partial charge >= 0.3 is 0 Å². The van der Waals surface area contributed by atoms with Gasteiger partial charge in [0.25, 0.3) is 0 Å². The minimum atomic E-state index is -3.85. The van der Waals surface area contributed by atoms with Gasteiger partial charge in [-0.05, 0) is 37.6 Å². The minimum Gasteiger partial charge on any atom is -0.330 e. The lowest BCUT2D eigenvalue weighted by atomic mass is 10.3. The second-order valence-corrected chi connectivity index (χ2v) is 8.21. The van der Waals surface area contributed by atoms with Crippen LogP contribution in [0.1, 0.15) is 19.8 Å². The van der Waals surface area contributed by atoms with Gasteiger partial charge < -0.3 is 5.73 Å². The molecular weight excluding hydrogens is 369 g/mol. The molecule has 0 saturated carbocycles. The molecule has 11 heteroatoms. The normalized spacial score (nSPS) is 11.8. The van der Waals surface area contributed by atoms with Crippen LogP contribution in [0.2, 0.25) is 0 Å². The molecule has 23 heavy (non-hydrogen) atoms. The minimum absolute atomic E-state index is 0. The van der Waals surface area contributed by atoms with Gasteiger partial charge in [0.15, 0.2) is 0 Å². The summed E-state index contributed by atoms with van der Waals surface area (Å²) in [4.78, 5) is -0.277.